The van der Waals surface area contributed by atoms with E-state index in [1.165, 1.54) is 6.21 Å². The van der Waals surface area contributed by atoms with Crippen molar-refractivity contribution in [2.24, 2.45) is 5.10 Å². The SMILES string of the molecule is Cc1ccc(-c2nn(-c3ccccc3)cc2/C=N\NC(=O)C(=O)Nc2ccccc2C(=O)Nc2cccc(C)c2)cc1. The Morgan fingerprint density at radius 3 is 2.26 bits per heavy atom. The molecule has 1 aromatic heterocycles. The minimum absolute atomic E-state index is 0.192. The summed E-state index contributed by atoms with van der Waals surface area (Å²) in [5.74, 6) is -2.39. The highest BCUT2D eigenvalue weighted by Gasteiger charge is 2.18. The van der Waals surface area contributed by atoms with E-state index in [4.69, 9.17) is 5.10 Å². The van der Waals surface area contributed by atoms with Crippen LogP contribution in [0.15, 0.2) is 114 Å². The predicted molar refractivity (Wildman–Crippen MR) is 164 cm³/mol. The molecule has 3 amide bonds. The Labute approximate surface area is 242 Å². The molecule has 4 aromatic carbocycles. The summed E-state index contributed by atoms with van der Waals surface area (Å²) in [7, 11) is 0. The summed E-state index contributed by atoms with van der Waals surface area (Å²) in [6.07, 6.45) is 3.24. The highest BCUT2D eigenvalue weighted by molar-refractivity contribution is 6.40. The first-order chi connectivity index (χ1) is 20.4. The Morgan fingerprint density at radius 2 is 1.50 bits per heavy atom. The fraction of sp³-hybridized carbons (Fsp3) is 0.0606. The van der Waals surface area contributed by atoms with Gasteiger partial charge in [0, 0.05) is 23.0 Å². The molecule has 0 unspecified atom stereocenters. The number of nitrogens with zero attached hydrogens (tertiary/aromatic N) is 3. The fourth-order valence-electron chi connectivity index (χ4n) is 4.23. The van der Waals surface area contributed by atoms with Crippen molar-refractivity contribution in [1.82, 2.24) is 15.2 Å². The number of nitrogens with one attached hydrogen (secondary N) is 3. The molecule has 1 heterocycles. The van der Waals surface area contributed by atoms with Gasteiger partial charge in [-0.15, -0.1) is 0 Å². The first-order valence-electron chi connectivity index (χ1n) is 13.2. The van der Waals surface area contributed by atoms with Gasteiger partial charge < -0.3 is 10.6 Å². The van der Waals surface area contributed by atoms with Crippen molar-refractivity contribution in [3.63, 3.8) is 0 Å². The zero-order valence-corrected chi connectivity index (χ0v) is 23.0. The van der Waals surface area contributed by atoms with Crippen LogP contribution in [-0.2, 0) is 9.59 Å². The molecule has 0 fully saturated rings. The van der Waals surface area contributed by atoms with Gasteiger partial charge >= 0.3 is 11.8 Å². The Bertz CT molecular complexity index is 1780. The third-order valence-corrected chi connectivity index (χ3v) is 6.36. The lowest BCUT2D eigenvalue weighted by Gasteiger charge is -2.11. The summed E-state index contributed by atoms with van der Waals surface area (Å²) in [6.45, 7) is 3.92. The number of aryl methyl sites for hydroxylation is 2. The molecule has 42 heavy (non-hydrogen) atoms. The minimum Gasteiger partial charge on any atom is -0.322 e. The largest absolute Gasteiger partial charge is 0.329 e. The lowest BCUT2D eigenvalue weighted by atomic mass is 10.1. The Balaban J connectivity index is 1.29. The third-order valence-electron chi connectivity index (χ3n) is 6.36. The number of hydrogen-bond donors (Lipinski definition) is 3. The van der Waals surface area contributed by atoms with Crippen LogP contribution in [0, 0.1) is 13.8 Å². The van der Waals surface area contributed by atoms with E-state index in [1.54, 1.807) is 41.2 Å². The van der Waals surface area contributed by atoms with Gasteiger partial charge in [0.1, 0.15) is 5.69 Å². The number of para-hydroxylation sites is 2. The van der Waals surface area contributed by atoms with Crippen LogP contribution in [0.3, 0.4) is 0 Å². The van der Waals surface area contributed by atoms with Crippen LogP contribution in [0.2, 0.25) is 0 Å². The van der Waals surface area contributed by atoms with Crippen LogP contribution in [0.25, 0.3) is 16.9 Å². The van der Waals surface area contributed by atoms with Gasteiger partial charge in [-0.3, -0.25) is 14.4 Å². The molecule has 3 N–H and O–H groups in total. The molecular weight excluding hydrogens is 528 g/mol. The maximum Gasteiger partial charge on any atom is 0.329 e. The second-order valence-corrected chi connectivity index (χ2v) is 9.60. The maximum absolute atomic E-state index is 12.9. The van der Waals surface area contributed by atoms with E-state index in [1.807, 2.05) is 86.6 Å². The number of hydrazone groups is 1. The van der Waals surface area contributed by atoms with Crippen LogP contribution in [-0.4, -0.2) is 33.7 Å². The molecule has 9 nitrogen and oxygen atoms in total. The Morgan fingerprint density at radius 1 is 0.762 bits per heavy atom. The van der Waals surface area contributed by atoms with E-state index in [0.29, 0.717) is 16.9 Å². The van der Waals surface area contributed by atoms with Crippen LogP contribution in [0.1, 0.15) is 27.0 Å². The number of rotatable bonds is 7. The summed E-state index contributed by atoms with van der Waals surface area (Å²) in [5, 5.41) is 14.1. The van der Waals surface area contributed by atoms with E-state index >= 15 is 0 Å². The highest BCUT2D eigenvalue weighted by atomic mass is 16.2. The standard InChI is InChI=1S/C33H28N6O3/c1-22-15-17-24(18-16-22)30-25(21-39(38-30)27-11-4-3-5-12-27)20-34-37-33(42)32(41)36-29-14-7-6-13-28(29)31(40)35-26-10-8-9-23(2)19-26/h3-21H,1-2H3,(H,35,40)(H,36,41)(H,37,42)/b34-20-. The van der Waals surface area contributed by atoms with Crippen molar-refractivity contribution >= 4 is 35.3 Å². The topological polar surface area (TPSA) is 117 Å². The van der Waals surface area contributed by atoms with E-state index < -0.39 is 17.7 Å². The number of hydrogen-bond acceptors (Lipinski definition) is 5. The minimum atomic E-state index is -0.993. The van der Waals surface area contributed by atoms with Gasteiger partial charge in [0.05, 0.1) is 23.2 Å². The van der Waals surface area contributed by atoms with Crippen molar-refractivity contribution in [2.75, 3.05) is 10.6 Å². The van der Waals surface area contributed by atoms with Gasteiger partial charge in [0.15, 0.2) is 0 Å². The molecule has 9 heteroatoms. The fourth-order valence-corrected chi connectivity index (χ4v) is 4.23. The second-order valence-electron chi connectivity index (χ2n) is 9.60. The summed E-state index contributed by atoms with van der Waals surface area (Å²) in [6, 6.07) is 31.3. The van der Waals surface area contributed by atoms with Gasteiger partial charge in [-0.05, 0) is 55.8 Å². The molecule has 208 valence electrons. The van der Waals surface area contributed by atoms with Crippen molar-refractivity contribution in [3.8, 4) is 16.9 Å². The molecule has 0 aliphatic rings. The summed E-state index contributed by atoms with van der Waals surface area (Å²) in [5.41, 5.74) is 8.43. The van der Waals surface area contributed by atoms with E-state index in [2.05, 4.69) is 21.2 Å². The zero-order chi connectivity index (χ0) is 29.5. The number of anilines is 2. The highest BCUT2D eigenvalue weighted by Crippen LogP contribution is 2.23. The van der Waals surface area contributed by atoms with Crippen molar-refractivity contribution in [1.29, 1.82) is 0 Å². The van der Waals surface area contributed by atoms with Crippen LogP contribution in [0.4, 0.5) is 11.4 Å². The predicted octanol–water partition coefficient (Wildman–Crippen LogP) is 5.50. The quantitative estimate of drug-likeness (QED) is 0.139. The van der Waals surface area contributed by atoms with Crippen molar-refractivity contribution < 1.29 is 14.4 Å². The van der Waals surface area contributed by atoms with Crippen LogP contribution < -0.4 is 16.1 Å². The Hall–Kier alpha value is -5.83. The molecular formula is C33H28N6O3. The molecule has 0 atom stereocenters. The van der Waals surface area contributed by atoms with E-state index in [0.717, 1.165) is 22.4 Å². The van der Waals surface area contributed by atoms with Crippen LogP contribution >= 0.6 is 0 Å². The maximum atomic E-state index is 12.9. The molecule has 0 aliphatic carbocycles. The van der Waals surface area contributed by atoms with E-state index in [-0.39, 0.29) is 11.3 Å². The average molecular weight is 557 g/mol. The average Bonchev–Trinajstić information content (AvgIpc) is 3.42. The summed E-state index contributed by atoms with van der Waals surface area (Å²) in [4.78, 5) is 38.2. The third kappa shape index (κ3) is 6.65. The number of aromatic nitrogens is 2. The summed E-state index contributed by atoms with van der Waals surface area (Å²) < 4.78 is 1.73. The lowest BCUT2D eigenvalue weighted by molar-refractivity contribution is -0.136. The molecule has 0 radical (unpaired) electrons. The monoisotopic (exact) mass is 556 g/mol. The normalized spacial score (nSPS) is 10.8. The number of benzene rings is 4. The number of carbonyl (C=O) groups excluding carboxylic acids is 3. The van der Waals surface area contributed by atoms with Gasteiger partial charge in [0.25, 0.3) is 5.91 Å². The molecule has 5 rings (SSSR count). The molecule has 0 aliphatic heterocycles. The molecule has 0 bridgehead atoms. The van der Waals surface area contributed by atoms with Gasteiger partial charge in [-0.2, -0.15) is 10.2 Å². The van der Waals surface area contributed by atoms with Crippen LogP contribution in [0.5, 0.6) is 0 Å². The van der Waals surface area contributed by atoms with Gasteiger partial charge in [-0.25, -0.2) is 10.1 Å². The van der Waals surface area contributed by atoms with Crippen molar-refractivity contribution in [3.05, 3.63) is 132 Å². The van der Waals surface area contributed by atoms with Crippen molar-refractivity contribution in [2.45, 2.75) is 13.8 Å². The Kier molecular flexibility index (Phi) is 8.29. The molecule has 5 aromatic rings. The molecule has 0 saturated carbocycles. The zero-order valence-electron chi connectivity index (χ0n) is 23.0. The lowest BCUT2D eigenvalue weighted by Crippen LogP contribution is -2.33. The van der Waals surface area contributed by atoms with Gasteiger partial charge in [-0.1, -0.05) is 72.3 Å². The first-order valence-corrected chi connectivity index (χ1v) is 13.2. The second kappa shape index (κ2) is 12.6. The van der Waals surface area contributed by atoms with E-state index in [9.17, 15) is 14.4 Å². The molecule has 0 saturated heterocycles. The first kappa shape index (κ1) is 27.7. The smallest absolute Gasteiger partial charge is 0.322 e. The summed E-state index contributed by atoms with van der Waals surface area (Å²) >= 11 is 0. The van der Waals surface area contributed by atoms with Gasteiger partial charge in [0.2, 0.25) is 0 Å². The molecule has 0 spiro atoms. The number of amides is 3. The number of carbonyl (C=O) groups is 3.